The summed E-state index contributed by atoms with van der Waals surface area (Å²) in [6.45, 7) is 4.07. The molecule has 0 aliphatic carbocycles. The monoisotopic (exact) mass is 386 g/mol. The molecule has 1 N–H and O–H groups in total. The van der Waals surface area contributed by atoms with Crippen molar-refractivity contribution in [1.82, 2.24) is 0 Å². The Hall–Kier alpha value is 0.870. The van der Waals surface area contributed by atoms with Crippen LogP contribution in [0.25, 0.3) is 0 Å². The second kappa shape index (κ2) is 18.2. The van der Waals surface area contributed by atoms with Crippen LogP contribution in [0.5, 0.6) is 0 Å². The van der Waals surface area contributed by atoms with E-state index in [0.717, 1.165) is 57.8 Å². The minimum atomic E-state index is -4.12. The Balaban J connectivity index is 0. The van der Waals surface area contributed by atoms with E-state index in [-0.39, 0.29) is 35.7 Å². The molecule has 0 aliphatic rings. The van der Waals surface area contributed by atoms with Gasteiger partial charge in [0.15, 0.2) is 0 Å². The molecule has 6 heteroatoms. The molecule has 2 unspecified atom stereocenters. The summed E-state index contributed by atoms with van der Waals surface area (Å²) in [6.07, 6.45) is 14.7. The topological polar surface area (TPSA) is 77.4 Å². The molecule has 0 saturated heterocycles. The Labute approximate surface area is 178 Å². The van der Waals surface area contributed by atoms with E-state index in [0.29, 0.717) is 12.8 Å². The summed E-state index contributed by atoms with van der Waals surface area (Å²) in [6, 6.07) is 0. The molecule has 0 fully saturated rings. The summed E-state index contributed by atoms with van der Waals surface area (Å²) in [5.41, 5.74) is 0. The van der Waals surface area contributed by atoms with Gasteiger partial charge in [0.2, 0.25) is 0 Å². The first-order valence-corrected chi connectivity index (χ1v) is 11.5. The summed E-state index contributed by atoms with van der Waals surface area (Å²) >= 11 is 0. The second-order valence-electron chi connectivity index (χ2n) is 7.11. The van der Waals surface area contributed by atoms with Crippen LogP contribution in [0.15, 0.2) is 0 Å². The number of aliphatic hydroxyl groups excluding tert-OH is 1. The van der Waals surface area contributed by atoms with Crippen LogP contribution in [0.3, 0.4) is 0 Å². The number of aliphatic hydroxyl groups is 1. The fraction of sp³-hybridized carbons (Fsp3) is 1.00. The fourth-order valence-electron chi connectivity index (χ4n) is 3.15. The summed E-state index contributed by atoms with van der Waals surface area (Å²) in [5, 5.41) is 9.08. The van der Waals surface area contributed by atoms with Crippen LogP contribution in [0.1, 0.15) is 110 Å². The summed E-state index contributed by atoms with van der Waals surface area (Å²) in [5.74, 6) is 0. The number of rotatable bonds is 17. The molecule has 2 atom stereocenters. The van der Waals surface area contributed by atoms with Crippen molar-refractivity contribution in [3.63, 3.8) is 0 Å². The number of hydrogen-bond acceptors (Lipinski definition) is 4. The van der Waals surface area contributed by atoms with Crippen LogP contribution < -0.4 is 29.6 Å². The molecule has 0 spiro atoms. The molecule has 25 heavy (non-hydrogen) atoms. The zero-order valence-corrected chi connectivity index (χ0v) is 19.7. The number of hydrogen-bond donors (Lipinski definition) is 1. The molecular formula is C19H39NaO4S. The fourth-order valence-corrected chi connectivity index (χ4v) is 4.13. The van der Waals surface area contributed by atoms with Crippen molar-refractivity contribution in [2.75, 3.05) is 0 Å². The molecule has 0 radical (unpaired) electrons. The largest absolute Gasteiger partial charge is 1.00 e. The Kier molecular flexibility index (Phi) is 20.5. The minimum Gasteiger partial charge on any atom is -0.748 e. The van der Waals surface area contributed by atoms with Gasteiger partial charge in [0.1, 0.15) is 0 Å². The third-order valence-electron chi connectivity index (χ3n) is 4.72. The molecule has 0 rings (SSSR count). The van der Waals surface area contributed by atoms with E-state index in [1.54, 1.807) is 0 Å². The maximum Gasteiger partial charge on any atom is 1.00 e. The van der Waals surface area contributed by atoms with Crippen LogP contribution in [-0.4, -0.2) is 29.4 Å². The minimum absolute atomic E-state index is 0. The van der Waals surface area contributed by atoms with Gasteiger partial charge in [-0.25, -0.2) is 8.42 Å². The molecule has 0 aliphatic heterocycles. The van der Waals surface area contributed by atoms with Crippen LogP contribution in [0.2, 0.25) is 0 Å². The van der Waals surface area contributed by atoms with E-state index >= 15 is 0 Å². The molecule has 0 aromatic heterocycles. The molecule has 146 valence electrons. The average molecular weight is 387 g/mol. The summed E-state index contributed by atoms with van der Waals surface area (Å²) < 4.78 is 33.4. The first kappa shape index (κ1) is 28.1. The van der Waals surface area contributed by atoms with Gasteiger partial charge in [-0.3, -0.25) is 0 Å². The zero-order valence-electron chi connectivity index (χ0n) is 16.8. The number of unbranched alkanes of at least 4 members (excludes halogenated alkanes) is 8. The van der Waals surface area contributed by atoms with Gasteiger partial charge in [0, 0.05) is 5.25 Å². The van der Waals surface area contributed by atoms with E-state index in [4.69, 9.17) is 0 Å². The quantitative estimate of drug-likeness (QED) is 0.236. The first-order valence-electron chi connectivity index (χ1n) is 10.0. The molecule has 0 aromatic rings. The maximum atomic E-state index is 11.1. The van der Waals surface area contributed by atoms with E-state index < -0.39 is 15.4 Å². The molecule has 0 heterocycles. The van der Waals surface area contributed by atoms with Crippen molar-refractivity contribution in [1.29, 1.82) is 0 Å². The van der Waals surface area contributed by atoms with E-state index in [1.807, 2.05) is 6.92 Å². The normalized spacial score (nSPS) is 14.1. The van der Waals surface area contributed by atoms with Crippen molar-refractivity contribution in [2.45, 2.75) is 122 Å². The third-order valence-corrected chi connectivity index (χ3v) is 6.01. The van der Waals surface area contributed by atoms with Gasteiger partial charge < -0.3 is 9.66 Å². The van der Waals surface area contributed by atoms with Gasteiger partial charge >= 0.3 is 29.6 Å². The molecule has 0 amide bonds. The van der Waals surface area contributed by atoms with Crippen molar-refractivity contribution < 1.29 is 47.6 Å². The molecule has 0 bridgehead atoms. The van der Waals surface area contributed by atoms with Crippen molar-refractivity contribution in [3.8, 4) is 0 Å². The van der Waals surface area contributed by atoms with Gasteiger partial charge in [-0.15, -0.1) is 0 Å². The van der Waals surface area contributed by atoms with Gasteiger partial charge in [-0.1, -0.05) is 84.5 Å². The Bertz CT molecular complexity index is 374. The van der Waals surface area contributed by atoms with Crippen molar-refractivity contribution in [3.05, 3.63) is 0 Å². The smallest absolute Gasteiger partial charge is 0.748 e. The zero-order chi connectivity index (χ0) is 18.3. The Morgan fingerprint density at radius 3 is 1.60 bits per heavy atom. The van der Waals surface area contributed by atoms with Crippen molar-refractivity contribution >= 4 is 10.1 Å². The predicted molar refractivity (Wildman–Crippen MR) is 100 cm³/mol. The van der Waals surface area contributed by atoms with Crippen molar-refractivity contribution in [2.24, 2.45) is 0 Å². The standard InChI is InChI=1S/C19H40O4S.Na/c1-3-5-15-18(20)16-12-10-8-6-7-9-11-13-17-19(14-4-2)24(21,22)23;/h18-20H,3-17H2,1-2H3,(H,21,22,23);/q;+1/p-1. The van der Waals surface area contributed by atoms with Crippen LogP contribution in [0, 0.1) is 0 Å². The van der Waals surface area contributed by atoms with Gasteiger partial charge in [0.25, 0.3) is 0 Å². The van der Waals surface area contributed by atoms with E-state index in [1.165, 1.54) is 25.7 Å². The molecule has 4 nitrogen and oxygen atoms in total. The first-order chi connectivity index (χ1) is 11.4. The van der Waals surface area contributed by atoms with E-state index in [2.05, 4.69) is 6.92 Å². The van der Waals surface area contributed by atoms with Crippen LogP contribution in [0.4, 0.5) is 0 Å². The SMILES string of the molecule is CCCCC(O)CCCCCCCCCCC(CCC)S(=O)(=O)[O-].[Na+]. The maximum absolute atomic E-state index is 11.1. The third kappa shape index (κ3) is 18.0. The van der Waals surface area contributed by atoms with Gasteiger partial charge in [-0.05, 0) is 25.7 Å². The van der Waals surface area contributed by atoms with Gasteiger partial charge in [0.05, 0.1) is 16.2 Å². The second-order valence-corrected chi connectivity index (χ2v) is 8.76. The summed E-state index contributed by atoms with van der Waals surface area (Å²) in [7, 11) is -4.12. The molecule has 0 aromatic carbocycles. The Morgan fingerprint density at radius 2 is 1.16 bits per heavy atom. The van der Waals surface area contributed by atoms with Gasteiger partial charge in [-0.2, -0.15) is 0 Å². The van der Waals surface area contributed by atoms with Crippen LogP contribution >= 0.6 is 0 Å². The predicted octanol–water partition coefficient (Wildman–Crippen LogP) is 2.16. The Morgan fingerprint density at radius 1 is 0.720 bits per heavy atom. The average Bonchev–Trinajstić information content (AvgIpc) is 2.52. The van der Waals surface area contributed by atoms with E-state index in [9.17, 15) is 18.1 Å². The summed E-state index contributed by atoms with van der Waals surface area (Å²) in [4.78, 5) is 0. The molecular weight excluding hydrogens is 347 g/mol. The van der Waals surface area contributed by atoms with Crippen LogP contribution in [-0.2, 0) is 10.1 Å². The molecule has 0 saturated carbocycles.